The van der Waals surface area contributed by atoms with Crippen molar-refractivity contribution < 1.29 is 0 Å². The van der Waals surface area contributed by atoms with Crippen LogP contribution in [0.4, 0.5) is 0 Å². The summed E-state index contributed by atoms with van der Waals surface area (Å²) in [4.78, 5) is 0. The molecule has 0 N–H and O–H groups in total. The van der Waals surface area contributed by atoms with E-state index in [-0.39, 0.29) is 0 Å². The van der Waals surface area contributed by atoms with E-state index in [1.54, 1.807) is 0 Å². The lowest BCUT2D eigenvalue weighted by Crippen LogP contribution is -2.74. The molecule has 0 atom stereocenters. The summed E-state index contributed by atoms with van der Waals surface area (Å²) in [5, 5.41) is 4.38. The second-order valence-corrected chi connectivity index (χ2v) is 14.3. The molecule has 0 radical (unpaired) electrons. The fraction of sp³-hybridized carbons (Fsp3) is 0.0667. The Kier molecular flexibility index (Phi) is 10.3. The predicted molar refractivity (Wildman–Crippen MR) is 209 cm³/mol. The van der Waals surface area contributed by atoms with Crippen LogP contribution < -0.4 is 37.8 Å². The summed E-state index contributed by atoms with van der Waals surface area (Å²) < 4.78 is 0. The first kappa shape index (κ1) is 32.0. The highest BCUT2D eigenvalue weighted by atomic mass is 31.1. The van der Waals surface area contributed by atoms with Crippen molar-refractivity contribution in [2.75, 3.05) is 0 Å². The van der Waals surface area contributed by atoms with Gasteiger partial charge in [0.25, 0.3) is 0 Å². The second kappa shape index (κ2) is 15.1. The summed E-state index contributed by atoms with van der Waals surface area (Å²) >= 11 is 0. The Hall–Kier alpha value is -4.97. The molecule has 0 fully saturated rings. The first-order valence-electron chi connectivity index (χ1n) is 16.5. The van der Waals surface area contributed by atoms with Crippen molar-refractivity contribution in [3.05, 3.63) is 211 Å². The zero-order valence-corrected chi connectivity index (χ0v) is 28.4. The van der Waals surface area contributed by atoms with E-state index < -0.39 is 14.1 Å². The van der Waals surface area contributed by atoms with Gasteiger partial charge in [-0.2, -0.15) is 21.9 Å². The van der Waals surface area contributed by atoms with Crippen molar-refractivity contribution in [3.8, 4) is 0 Å². The van der Waals surface area contributed by atoms with Gasteiger partial charge in [0.15, 0.2) is 0 Å². The SMILES string of the molecule is Cc1ccccc1P(c1ccccc1C)c1ccccc1C.c1ccc([B-](c2ccccc2)(c2ccccc2)c2ccccc2)cc1. The van der Waals surface area contributed by atoms with E-state index in [2.05, 4.69) is 215 Å². The van der Waals surface area contributed by atoms with Crippen LogP contribution >= 0.6 is 7.92 Å². The largest absolute Gasteiger partial charge is 0.195 e. The van der Waals surface area contributed by atoms with E-state index in [4.69, 9.17) is 0 Å². The van der Waals surface area contributed by atoms with Crippen LogP contribution in [0, 0.1) is 20.8 Å². The molecule has 7 aromatic rings. The van der Waals surface area contributed by atoms with Crippen LogP contribution in [0.1, 0.15) is 16.7 Å². The van der Waals surface area contributed by atoms with Gasteiger partial charge in [-0.1, -0.05) is 194 Å². The van der Waals surface area contributed by atoms with E-state index in [1.165, 1.54) is 54.5 Å². The summed E-state index contributed by atoms with van der Waals surface area (Å²) in [5.74, 6) is 0. The summed E-state index contributed by atoms with van der Waals surface area (Å²) in [6.45, 7) is 6.67. The fourth-order valence-electron chi connectivity index (χ4n) is 6.95. The average Bonchev–Trinajstić information content (AvgIpc) is 3.13. The normalized spacial score (nSPS) is 11.1. The monoisotopic (exact) mass is 623 g/mol. The van der Waals surface area contributed by atoms with E-state index in [1.807, 2.05) is 0 Å². The highest BCUT2D eigenvalue weighted by Crippen LogP contribution is 2.36. The van der Waals surface area contributed by atoms with Crippen molar-refractivity contribution in [1.82, 2.24) is 0 Å². The third-order valence-electron chi connectivity index (χ3n) is 9.27. The maximum Gasteiger partial charge on any atom is 0.108 e. The quantitative estimate of drug-likeness (QED) is 0.128. The molecule has 2 heteroatoms. The molecule has 0 aliphatic rings. The molecule has 0 nitrogen and oxygen atoms in total. The number of hydrogen-bond acceptors (Lipinski definition) is 0. The Morgan fingerprint density at radius 2 is 0.489 bits per heavy atom. The van der Waals surface area contributed by atoms with E-state index in [0.717, 1.165) is 0 Å². The number of aryl methyl sites for hydroxylation is 3. The van der Waals surface area contributed by atoms with Crippen molar-refractivity contribution in [2.45, 2.75) is 20.8 Å². The lowest BCUT2D eigenvalue weighted by molar-refractivity contribution is 1.49. The van der Waals surface area contributed by atoms with Crippen LogP contribution in [0.25, 0.3) is 0 Å². The predicted octanol–water partition coefficient (Wildman–Crippen LogP) is 7.43. The Morgan fingerprint density at radius 1 is 0.277 bits per heavy atom. The van der Waals surface area contributed by atoms with Gasteiger partial charge < -0.3 is 0 Å². The molecule has 0 saturated carbocycles. The molecular weight excluding hydrogens is 582 g/mol. The molecule has 0 heterocycles. The maximum atomic E-state index is 2.29. The van der Waals surface area contributed by atoms with Crippen LogP contribution in [-0.4, -0.2) is 6.15 Å². The summed E-state index contributed by atoms with van der Waals surface area (Å²) in [6, 6.07) is 69.9. The van der Waals surface area contributed by atoms with E-state index in [0.29, 0.717) is 0 Å². The molecule has 0 saturated heterocycles. The summed E-state index contributed by atoms with van der Waals surface area (Å²) in [6.07, 6.45) is -1.22. The van der Waals surface area contributed by atoms with Crippen LogP contribution in [0.2, 0.25) is 0 Å². The first-order valence-corrected chi connectivity index (χ1v) is 17.8. The van der Waals surface area contributed by atoms with Crippen molar-refractivity contribution in [3.63, 3.8) is 0 Å². The van der Waals surface area contributed by atoms with Gasteiger partial charge in [-0.3, -0.25) is 0 Å². The molecule has 0 aromatic heterocycles. The second-order valence-electron chi connectivity index (χ2n) is 12.2. The molecule has 7 aromatic carbocycles. The number of hydrogen-bond donors (Lipinski definition) is 0. The highest BCUT2D eigenvalue weighted by Gasteiger charge is 2.31. The van der Waals surface area contributed by atoms with Crippen LogP contribution in [0.15, 0.2) is 194 Å². The van der Waals surface area contributed by atoms with Gasteiger partial charge in [-0.05, 0) is 61.3 Å². The van der Waals surface area contributed by atoms with Gasteiger partial charge in [-0.25, -0.2) is 0 Å². The molecule has 0 spiro atoms. The van der Waals surface area contributed by atoms with E-state index >= 15 is 0 Å². The zero-order valence-electron chi connectivity index (χ0n) is 27.5. The molecule has 47 heavy (non-hydrogen) atoms. The average molecular weight is 624 g/mol. The minimum Gasteiger partial charge on any atom is -0.195 e. The molecule has 0 aliphatic carbocycles. The lowest BCUT2D eigenvalue weighted by atomic mass is 9.13. The molecule has 0 unspecified atom stereocenters. The van der Waals surface area contributed by atoms with Crippen molar-refractivity contribution in [2.24, 2.45) is 0 Å². The third-order valence-corrected chi connectivity index (χ3v) is 12.2. The van der Waals surface area contributed by atoms with Crippen LogP contribution in [0.5, 0.6) is 0 Å². The van der Waals surface area contributed by atoms with Crippen LogP contribution in [0.3, 0.4) is 0 Å². The number of benzene rings is 7. The van der Waals surface area contributed by atoms with Crippen molar-refractivity contribution in [1.29, 1.82) is 0 Å². The minimum absolute atomic E-state index is 0.508. The minimum atomic E-state index is -1.22. The Bertz CT molecular complexity index is 1730. The van der Waals surface area contributed by atoms with Gasteiger partial charge in [0, 0.05) is 0 Å². The van der Waals surface area contributed by atoms with Gasteiger partial charge in [0.2, 0.25) is 0 Å². The fourth-order valence-corrected chi connectivity index (χ4v) is 9.72. The topological polar surface area (TPSA) is 0 Å². The van der Waals surface area contributed by atoms with Gasteiger partial charge in [0.1, 0.15) is 6.15 Å². The Balaban J connectivity index is 0.000000166. The smallest absolute Gasteiger partial charge is 0.108 e. The van der Waals surface area contributed by atoms with Gasteiger partial charge >= 0.3 is 0 Å². The Labute approximate surface area is 282 Å². The Morgan fingerprint density at radius 3 is 0.723 bits per heavy atom. The number of rotatable bonds is 7. The van der Waals surface area contributed by atoms with Gasteiger partial charge in [-0.15, -0.1) is 0 Å². The first-order chi connectivity index (χ1) is 23.1. The van der Waals surface area contributed by atoms with Gasteiger partial charge in [0.05, 0.1) is 0 Å². The summed E-state index contributed by atoms with van der Waals surface area (Å²) in [7, 11) is -0.508. The third kappa shape index (κ3) is 6.78. The molecular formula is C45H41BP-. The molecule has 0 amide bonds. The van der Waals surface area contributed by atoms with E-state index in [9.17, 15) is 0 Å². The standard InChI is InChI=1S/C24H20B.C21H21P/c1-5-13-21(14-6-1)25(22-15-7-2-8-16-22,23-17-9-3-10-18-23)24-19-11-4-12-20-24;1-16-10-4-7-13-19(16)22(20-14-8-5-11-17(20)2)21-15-9-6-12-18(21)3/h1-20H;4-15H,1-3H3/q-1;. The molecule has 0 bridgehead atoms. The molecule has 0 aliphatic heterocycles. The van der Waals surface area contributed by atoms with Crippen LogP contribution in [-0.2, 0) is 0 Å². The zero-order chi connectivity index (χ0) is 32.5. The molecule has 7 rings (SSSR count). The summed E-state index contributed by atoms with van der Waals surface area (Å²) in [5.41, 5.74) is 9.48. The molecule has 230 valence electrons. The lowest BCUT2D eigenvalue weighted by Gasteiger charge is -2.44. The van der Waals surface area contributed by atoms with Crippen molar-refractivity contribution >= 4 is 51.8 Å². The highest BCUT2D eigenvalue weighted by molar-refractivity contribution is 7.80. The maximum absolute atomic E-state index is 2.29.